The predicted molar refractivity (Wildman–Crippen MR) is 79.8 cm³/mol. The molecule has 0 fully saturated rings. The molecule has 0 aliphatic carbocycles. The first kappa shape index (κ1) is 17.2. The minimum absolute atomic E-state index is 0.237. The fourth-order valence-electron chi connectivity index (χ4n) is 1.98. The maximum atomic E-state index is 11.9. The number of benzene rings is 1. The first-order chi connectivity index (χ1) is 10.1. The number of ether oxygens (including phenoxy) is 2. The Morgan fingerprint density at radius 2 is 1.57 bits per heavy atom. The minimum Gasteiger partial charge on any atom is -0.464 e. The molecule has 0 spiro atoms. The molecule has 0 aliphatic heterocycles. The standard InChI is InChI=1S/C16H23NO4/c1-4-20-15(18)14(16(19)21-5-2)17(3)12-11-13-9-7-6-8-10-13/h6-10,14H,4-5,11-12H2,1-3H3. The molecule has 0 saturated heterocycles. The molecular weight excluding hydrogens is 270 g/mol. The van der Waals surface area contributed by atoms with Crippen molar-refractivity contribution in [3.8, 4) is 0 Å². The smallest absolute Gasteiger partial charge is 0.335 e. The summed E-state index contributed by atoms with van der Waals surface area (Å²) in [5, 5.41) is 0. The minimum atomic E-state index is -1.01. The van der Waals surface area contributed by atoms with E-state index in [0.29, 0.717) is 6.54 Å². The van der Waals surface area contributed by atoms with Gasteiger partial charge in [-0.15, -0.1) is 0 Å². The van der Waals surface area contributed by atoms with Gasteiger partial charge in [-0.3, -0.25) is 4.90 Å². The van der Waals surface area contributed by atoms with Crippen molar-refractivity contribution in [3.05, 3.63) is 35.9 Å². The number of nitrogens with zero attached hydrogens (tertiary/aromatic N) is 1. The summed E-state index contributed by atoms with van der Waals surface area (Å²) < 4.78 is 9.93. The van der Waals surface area contributed by atoms with Crippen molar-refractivity contribution in [2.45, 2.75) is 26.3 Å². The van der Waals surface area contributed by atoms with Crippen molar-refractivity contribution in [2.24, 2.45) is 0 Å². The Morgan fingerprint density at radius 1 is 1.05 bits per heavy atom. The number of likely N-dealkylation sites (N-methyl/N-ethyl adjacent to an activating group) is 1. The molecule has 0 atom stereocenters. The van der Waals surface area contributed by atoms with Gasteiger partial charge in [0.05, 0.1) is 13.2 Å². The first-order valence-corrected chi connectivity index (χ1v) is 7.17. The lowest BCUT2D eigenvalue weighted by Crippen LogP contribution is -2.47. The zero-order valence-electron chi connectivity index (χ0n) is 12.9. The zero-order chi connectivity index (χ0) is 15.7. The Hall–Kier alpha value is -1.88. The molecule has 0 saturated carbocycles. The summed E-state index contributed by atoms with van der Waals surface area (Å²) in [5.41, 5.74) is 1.15. The molecule has 0 aromatic heterocycles. The summed E-state index contributed by atoms with van der Waals surface area (Å²) >= 11 is 0. The highest BCUT2D eigenvalue weighted by molar-refractivity contribution is 5.99. The third-order valence-corrected chi connectivity index (χ3v) is 3.06. The normalized spacial score (nSPS) is 10.7. The van der Waals surface area contributed by atoms with Crippen LogP contribution in [0.5, 0.6) is 0 Å². The highest BCUT2D eigenvalue weighted by atomic mass is 16.6. The lowest BCUT2D eigenvalue weighted by atomic mass is 10.1. The molecule has 0 radical (unpaired) electrons. The van der Waals surface area contributed by atoms with E-state index >= 15 is 0 Å². The van der Waals surface area contributed by atoms with Gasteiger partial charge in [0.1, 0.15) is 0 Å². The number of hydrogen-bond donors (Lipinski definition) is 0. The molecule has 1 aromatic carbocycles. The van der Waals surface area contributed by atoms with Crippen LogP contribution in [0.2, 0.25) is 0 Å². The van der Waals surface area contributed by atoms with Crippen molar-refractivity contribution >= 4 is 11.9 Å². The molecule has 0 heterocycles. The molecule has 5 nitrogen and oxygen atoms in total. The Kier molecular flexibility index (Phi) is 7.46. The molecule has 1 aromatic rings. The summed E-state index contributed by atoms with van der Waals surface area (Å²) in [6, 6.07) is 8.89. The van der Waals surface area contributed by atoms with Gasteiger partial charge in [-0.05, 0) is 32.9 Å². The van der Waals surface area contributed by atoms with E-state index in [0.717, 1.165) is 12.0 Å². The van der Waals surface area contributed by atoms with Crippen LogP contribution in [0.25, 0.3) is 0 Å². The van der Waals surface area contributed by atoms with Gasteiger partial charge in [-0.25, -0.2) is 9.59 Å². The number of rotatable bonds is 8. The Morgan fingerprint density at radius 3 is 2.05 bits per heavy atom. The molecule has 0 unspecified atom stereocenters. The van der Waals surface area contributed by atoms with Gasteiger partial charge in [0, 0.05) is 6.54 Å². The van der Waals surface area contributed by atoms with E-state index in [1.807, 2.05) is 30.3 Å². The van der Waals surface area contributed by atoms with Crippen LogP contribution in [0, 0.1) is 0 Å². The van der Waals surface area contributed by atoms with Crippen LogP contribution in [0.1, 0.15) is 19.4 Å². The van der Waals surface area contributed by atoms with Crippen LogP contribution in [-0.2, 0) is 25.5 Å². The SMILES string of the molecule is CCOC(=O)C(C(=O)OCC)N(C)CCc1ccccc1. The van der Waals surface area contributed by atoms with E-state index < -0.39 is 18.0 Å². The quantitative estimate of drug-likeness (QED) is 0.539. The molecular formula is C16H23NO4. The summed E-state index contributed by atoms with van der Waals surface area (Å²) in [6.45, 7) is 4.46. The van der Waals surface area contributed by atoms with Gasteiger partial charge in [0.15, 0.2) is 0 Å². The van der Waals surface area contributed by atoms with Gasteiger partial charge in [-0.1, -0.05) is 30.3 Å². The lowest BCUT2D eigenvalue weighted by Gasteiger charge is -2.24. The molecule has 0 bridgehead atoms. The second-order valence-corrected chi connectivity index (χ2v) is 4.62. The second kappa shape index (κ2) is 9.13. The molecule has 21 heavy (non-hydrogen) atoms. The van der Waals surface area contributed by atoms with Crippen LogP contribution >= 0.6 is 0 Å². The van der Waals surface area contributed by atoms with Gasteiger partial charge in [0.2, 0.25) is 6.04 Å². The summed E-state index contributed by atoms with van der Waals surface area (Å²) in [4.78, 5) is 25.6. The molecule has 1 rings (SSSR count). The highest BCUT2D eigenvalue weighted by Crippen LogP contribution is 2.06. The van der Waals surface area contributed by atoms with Gasteiger partial charge in [-0.2, -0.15) is 0 Å². The fraction of sp³-hybridized carbons (Fsp3) is 0.500. The maximum absolute atomic E-state index is 11.9. The third kappa shape index (κ3) is 5.55. The fourth-order valence-corrected chi connectivity index (χ4v) is 1.98. The van der Waals surface area contributed by atoms with E-state index in [9.17, 15) is 9.59 Å². The molecule has 0 amide bonds. The highest BCUT2D eigenvalue weighted by Gasteiger charge is 2.33. The van der Waals surface area contributed by atoms with Crippen LogP contribution < -0.4 is 0 Å². The van der Waals surface area contributed by atoms with Crippen LogP contribution in [0.15, 0.2) is 30.3 Å². The van der Waals surface area contributed by atoms with E-state index in [1.165, 1.54) is 0 Å². The maximum Gasteiger partial charge on any atom is 0.335 e. The van der Waals surface area contributed by atoms with Gasteiger partial charge in [0.25, 0.3) is 0 Å². The molecule has 5 heteroatoms. The average Bonchev–Trinajstić information content (AvgIpc) is 2.47. The van der Waals surface area contributed by atoms with Gasteiger partial charge >= 0.3 is 11.9 Å². The Bertz CT molecular complexity index is 429. The zero-order valence-corrected chi connectivity index (χ0v) is 12.9. The van der Waals surface area contributed by atoms with E-state index in [2.05, 4.69) is 0 Å². The molecule has 116 valence electrons. The average molecular weight is 293 g/mol. The van der Waals surface area contributed by atoms with Crippen molar-refractivity contribution in [1.82, 2.24) is 4.90 Å². The second-order valence-electron chi connectivity index (χ2n) is 4.62. The van der Waals surface area contributed by atoms with Crippen molar-refractivity contribution in [2.75, 3.05) is 26.8 Å². The number of carbonyl (C=O) groups is 2. The van der Waals surface area contributed by atoms with E-state index in [-0.39, 0.29) is 13.2 Å². The van der Waals surface area contributed by atoms with Crippen LogP contribution in [0.4, 0.5) is 0 Å². The monoisotopic (exact) mass is 293 g/mol. The Labute approximate surface area is 125 Å². The largest absolute Gasteiger partial charge is 0.464 e. The molecule has 0 N–H and O–H groups in total. The van der Waals surface area contributed by atoms with E-state index in [4.69, 9.17) is 9.47 Å². The van der Waals surface area contributed by atoms with Crippen molar-refractivity contribution < 1.29 is 19.1 Å². The predicted octanol–water partition coefficient (Wildman–Crippen LogP) is 1.66. The van der Waals surface area contributed by atoms with E-state index in [1.54, 1.807) is 25.8 Å². The van der Waals surface area contributed by atoms with Gasteiger partial charge < -0.3 is 9.47 Å². The lowest BCUT2D eigenvalue weighted by molar-refractivity contribution is -0.162. The summed E-state index contributed by atoms with van der Waals surface area (Å²) in [7, 11) is 1.72. The summed E-state index contributed by atoms with van der Waals surface area (Å²) in [5.74, 6) is -1.13. The van der Waals surface area contributed by atoms with Crippen molar-refractivity contribution in [1.29, 1.82) is 0 Å². The first-order valence-electron chi connectivity index (χ1n) is 7.17. The van der Waals surface area contributed by atoms with Crippen LogP contribution in [0.3, 0.4) is 0 Å². The summed E-state index contributed by atoms with van der Waals surface area (Å²) in [6.07, 6.45) is 0.743. The third-order valence-electron chi connectivity index (χ3n) is 3.06. The number of esters is 2. The van der Waals surface area contributed by atoms with Crippen molar-refractivity contribution in [3.63, 3.8) is 0 Å². The van der Waals surface area contributed by atoms with Crippen LogP contribution in [-0.4, -0.2) is 49.7 Å². The number of hydrogen-bond acceptors (Lipinski definition) is 5. The Balaban J connectivity index is 2.68. The topological polar surface area (TPSA) is 55.8 Å². The molecule has 0 aliphatic rings. The number of carbonyl (C=O) groups excluding carboxylic acids is 2.